The fraction of sp³-hybridized carbons (Fsp3) is 0.800. The monoisotopic (exact) mass is 179 g/mol. The molecule has 1 aliphatic rings. The minimum Gasteiger partial charge on any atom is -0.480 e. The van der Waals surface area contributed by atoms with Gasteiger partial charge in [0.15, 0.2) is 5.25 Å². The SMILES string of the molecule is CN1CC[C@@H](C(=O)O)S1(=O)=O. The van der Waals surface area contributed by atoms with Gasteiger partial charge >= 0.3 is 5.97 Å². The second kappa shape index (κ2) is 2.46. The second-order valence-electron chi connectivity index (χ2n) is 2.48. The Morgan fingerprint density at radius 2 is 2.18 bits per heavy atom. The zero-order chi connectivity index (χ0) is 8.65. The van der Waals surface area contributed by atoms with Crippen LogP contribution in [0.5, 0.6) is 0 Å². The molecule has 1 heterocycles. The maximum Gasteiger partial charge on any atom is 0.323 e. The van der Waals surface area contributed by atoms with Crippen LogP contribution in [0.1, 0.15) is 6.42 Å². The van der Waals surface area contributed by atoms with Crippen LogP contribution in [-0.4, -0.2) is 42.6 Å². The summed E-state index contributed by atoms with van der Waals surface area (Å²) in [5.74, 6) is -1.26. The van der Waals surface area contributed by atoms with Crippen molar-refractivity contribution in [1.82, 2.24) is 4.31 Å². The molecule has 1 aliphatic heterocycles. The first-order chi connectivity index (χ1) is 4.96. The summed E-state index contributed by atoms with van der Waals surface area (Å²) in [5.41, 5.74) is 0. The van der Waals surface area contributed by atoms with Crippen LogP contribution < -0.4 is 0 Å². The average Bonchev–Trinajstić information content (AvgIpc) is 2.08. The van der Waals surface area contributed by atoms with E-state index in [0.29, 0.717) is 6.54 Å². The molecule has 0 bridgehead atoms. The third-order valence-corrected chi connectivity index (χ3v) is 3.98. The third-order valence-electron chi connectivity index (χ3n) is 1.78. The molecule has 11 heavy (non-hydrogen) atoms. The first-order valence-electron chi connectivity index (χ1n) is 3.14. The van der Waals surface area contributed by atoms with E-state index in [4.69, 9.17) is 5.11 Å². The van der Waals surface area contributed by atoms with Gasteiger partial charge in [-0.25, -0.2) is 12.7 Å². The highest BCUT2D eigenvalue weighted by Crippen LogP contribution is 2.19. The van der Waals surface area contributed by atoms with Crippen LogP contribution in [0.3, 0.4) is 0 Å². The molecule has 0 aliphatic carbocycles. The normalized spacial score (nSPS) is 30.5. The van der Waals surface area contributed by atoms with Gasteiger partial charge in [0.2, 0.25) is 10.0 Å². The fourth-order valence-corrected chi connectivity index (χ4v) is 2.50. The third kappa shape index (κ3) is 1.23. The van der Waals surface area contributed by atoms with Gasteiger partial charge in [-0.3, -0.25) is 4.79 Å². The Balaban J connectivity index is 2.97. The number of carboxylic acids is 1. The Kier molecular flexibility index (Phi) is 1.89. The van der Waals surface area contributed by atoms with Gasteiger partial charge in [-0.1, -0.05) is 0 Å². The molecule has 5 nitrogen and oxygen atoms in total. The van der Waals surface area contributed by atoms with Crippen molar-refractivity contribution in [3.8, 4) is 0 Å². The van der Waals surface area contributed by atoms with Crippen molar-refractivity contribution in [2.75, 3.05) is 13.6 Å². The largest absolute Gasteiger partial charge is 0.480 e. The summed E-state index contributed by atoms with van der Waals surface area (Å²) in [5, 5.41) is 7.23. The number of aliphatic carboxylic acids is 1. The van der Waals surface area contributed by atoms with Gasteiger partial charge in [-0.15, -0.1) is 0 Å². The lowest BCUT2D eigenvalue weighted by Gasteiger charge is -2.07. The molecule has 64 valence electrons. The van der Waals surface area contributed by atoms with E-state index >= 15 is 0 Å². The molecule has 1 atom stereocenters. The van der Waals surface area contributed by atoms with Crippen LogP contribution in [0, 0.1) is 0 Å². The standard InChI is InChI=1S/C5H9NO4S/c1-6-3-2-4(5(7)8)11(6,9)10/h4H,2-3H2,1H3,(H,7,8)/t4-/m0/s1. The lowest BCUT2D eigenvalue weighted by atomic mass is 10.3. The molecule has 0 radical (unpaired) electrons. The Hall–Kier alpha value is -0.620. The van der Waals surface area contributed by atoms with Crippen molar-refractivity contribution in [3.63, 3.8) is 0 Å². The second-order valence-corrected chi connectivity index (χ2v) is 4.70. The van der Waals surface area contributed by atoms with Crippen molar-refractivity contribution >= 4 is 16.0 Å². The van der Waals surface area contributed by atoms with Crippen LogP contribution in [0.15, 0.2) is 0 Å². The van der Waals surface area contributed by atoms with Crippen LogP contribution in [0.25, 0.3) is 0 Å². The lowest BCUT2D eigenvalue weighted by Crippen LogP contribution is -2.31. The molecule has 0 unspecified atom stereocenters. The molecule has 0 spiro atoms. The molecular formula is C5H9NO4S. The number of carbonyl (C=O) groups is 1. The average molecular weight is 179 g/mol. The van der Waals surface area contributed by atoms with Gasteiger partial charge in [-0.2, -0.15) is 0 Å². The van der Waals surface area contributed by atoms with E-state index in [1.165, 1.54) is 7.05 Å². The Bertz CT molecular complexity index is 270. The first kappa shape index (κ1) is 8.48. The first-order valence-corrected chi connectivity index (χ1v) is 4.64. The maximum atomic E-state index is 11.1. The zero-order valence-corrected chi connectivity index (χ0v) is 6.84. The molecule has 0 aromatic carbocycles. The molecule has 1 saturated heterocycles. The van der Waals surface area contributed by atoms with E-state index in [9.17, 15) is 13.2 Å². The summed E-state index contributed by atoms with van der Waals surface area (Å²) in [7, 11) is -2.14. The molecule has 0 aromatic heterocycles. The number of hydrogen-bond donors (Lipinski definition) is 1. The predicted molar refractivity (Wildman–Crippen MR) is 37.6 cm³/mol. The highest BCUT2D eigenvalue weighted by atomic mass is 32.2. The molecule has 0 aromatic rings. The van der Waals surface area contributed by atoms with E-state index < -0.39 is 21.2 Å². The topological polar surface area (TPSA) is 74.7 Å². The molecule has 6 heteroatoms. The van der Waals surface area contributed by atoms with Crippen molar-refractivity contribution in [2.24, 2.45) is 0 Å². The van der Waals surface area contributed by atoms with Gasteiger partial charge in [0, 0.05) is 13.6 Å². The van der Waals surface area contributed by atoms with Crippen molar-refractivity contribution in [3.05, 3.63) is 0 Å². The van der Waals surface area contributed by atoms with E-state index in [-0.39, 0.29) is 6.42 Å². The Morgan fingerprint density at radius 3 is 2.36 bits per heavy atom. The van der Waals surface area contributed by atoms with Gasteiger partial charge in [-0.05, 0) is 6.42 Å². The maximum absolute atomic E-state index is 11.1. The molecule has 1 fully saturated rings. The molecular weight excluding hydrogens is 170 g/mol. The Morgan fingerprint density at radius 1 is 1.64 bits per heavy atom. The van der Waals surface area contributed by atoms with Gasteiger partial charge in [0.1, 0.15) is 0 Å². The van der Waals surface area contributed by atoms with E-state index in [2.05, 4.69) is 0 Å². The Labute approximate surface area is 64.7 Å². The number of sulfonamides is 1. The summed E-state index contributed by atoms with van der Waals surface area (Å²) >= 11 is 0. The summed E-state index contributed by atoms with van der Waals surface area (Å²) in [6.45, 7) is 0.305. The lowest BCUT2D eigenvalue weighted by molar-refractivity contribution is -0.136. The van der Waals surface area contributed by atoms with Gasteiger partial charge < -0.3 is 5.11 Å². The summed E-state index contributed by atoms with van der Waals surface area (Å²) in [4.78, 5) is 10.4. The summed E-state index contributed by atoms with van der Waals surface area (Å²) in [6, 6.07) is 0. The van der Waals surface area contributed by atoms with Gasteiger partial charge in [0.25, 0.3) is 0 Å². The highest BCUT2D eigenvalue weighted by Gasteiger charge is 2.41. The predicted octanol–water partition coefficient (Wildman–Crippen LogP) is -0.895. The minimum atomic E-state index is -3.53. The van der Waals surface area contributed by atoms with Crippen molar-refractivity contribution < 1.29 is 18.3 Å². The minimum absolute atomic E-state index is 0.189. The van der Waals surface area contributed by atoms with Crippen LogP contribution in [-0.2, 0) is 14.8 Å². The number of hydrogen-bond acceptors (Lipinski definition) is 3. The van der Waals surface area contributed by atoms with Crippen molar-refractivity contribution in [1.29, 1.82) is 0 Å². The van der Waals surface area contributed by atoms with E-state index in [1.807, 2.05) is 0 Å². The highest BCUT2D eigenvalue weighted by molar-refractivity contribution is 7.90. The smallest absolute Gasteiger partial charge is 0.323 e. The molecule has 1 N–H and O–H groups in total. The summed E-state index contributed by atoms with van der Waals surface area (Å²) < 4.78 is 23.2. The van der Waals surface area contributed by atoms with E-state index in [0.717, 1.165) is 4.31 Å². The summed E-state index contributed by atoms with van der Waals surface area (Å²) in [6.07, 6.45) is 0.189. The van der Waals surface area contributed by atoms with Gasteiger partial charge in [0.05, 0.1) is 0 Å². The fourth-order valence-electron chi connectivity index (χ4n) is 1.04. The molecule has 1 rings (SSSR count). The number of rotatable bonds is 1. The molecule has 0 amide bonds. The van der Waals surface area contributed by atoms with Crippen molar-refractivity contribution in [2.45, 2.75) is 11.7 Å². The zero-order valence-electron chi connectivity index (χ0n) is 6.02. The van der Waals surface area contributed by atoms with Crippen LogP contribution >= 0.6 is 0 Å². The number of nitrogens with zero attached hydrogens (tertiary/aromatic N) is 1. The number of carboxylic acid groups (broad SMARTS) is 1. The van der Waals surface area contributed by atoms with E-state index in [1.54, 1.807) is 0 Å². The quantitative estimate of drug-likeness (QED) is 0.566. The molecule has 0 saturated carbocycles. The van der Waals surface area contributed by atoms with Crippen LogP contribution in [0.2, 0.25) is 0 Å². The van der Waals surface area contributed by atoms with Crippen LogP contribution in [0.4, 0.5) is 0 Å².